The molecule has 1 amide bonds. The molecule has 2 aliphatic rings. The van der Waals surface area contributed by atoms with Crippen LogP contribution < -0.4 is 5.32 Å². The molecule has 1 saturated carbocycles. The zero-order valence-electron chi connectivity index (χ0n) is 10.7. The highest BCUT2D eigenvalue weighted by Gasteiger charge is 2.39. The molecule has 2 rings (SSSR count). The van der Waals surface area contributed by atoms with E-state index in [9.17, 15) is 4.79 Å². The van der Waals surface area contributed by atoms with Crippen LogP contribution in [0.2, 0.25) is 0 Å². The molecular weight excluding hydrogens is 232 g/mol. The van der Waals surface area contributed by atoms with Crippen molar-refractivity contribution in [3.05, 3.63) is 0 Å². The molecule has 4 heteroatoms. The first-order valence-corrected chi connectivity index (χ1v) is 7.14. The lowest BCUT2D eigenvalue weighted by molar-refractivity contribution is -0.129. The van der Waals surface area contributed by atoms with Gasteiger partial charge in [0.05, 0.1) is 0 Å². The lowest BCUT2D eigenvalue weighted by atomic mass is 9.94. The Morgan fingerprint density at radius 3 is 2.59 bits per heavy atom. The molecule has 3 nitrogen and oxygen atoms in total. The summed E-state index contributed by atoms with van der Waals surface area (Å²) in [5, 5.41) is 3.85. The largest absolute Gasteiger partial charge is 0.350 e. The Balaban J connectivity index is 2.02. The van der Waals surface area contributed by atoms with Gasteiger partial charge in [0.15, 0.2) is 5.11 Å². The summed E-state index contributed by atoms with van der Waals surface area (Å²) in [5.41, 5.74) is 0. The number of carbonyl (C=O) groups is 1. The van der Waals surface area contributed by atoms with Crippen molar-refractivity contribution in [2.24, 2.45) is 5.92 Å². The number of hydrogen-bond acceptors (Lipinski definition) is 2. The van der Waals surface area contributed by atoms with E-state index in [0.717, 1.165) is 19.3 Å². The van der Waals surface area contributed by atoms with E-state index in [1.54, 1.807) is 0 Å². The number of thiocarbonyl (C=S) groups is 1. The summed E-state index contributed by atoms with van der Waals surface area (Å²) in [7, 11) is 0. The third-order valence-corrected chi connectivity index (χ3v) is 4.01. The second-order valence-electron chi connectivity index (χ2n) is 5.63. The van der Waals surface area contributed by atoms with Crippen molar-refractivity contribution in [2.45, 2.75) is 64.5 Å². The second kappa shape index (κ2) is 5.34. The van der Waals surface area contributed by atoms with Crippen molar-refractivity contribution >= 4 is 23.2 Å². The molecule has 0 aromatic heterocycles. The van der Waals surface area contributed by atoms with Crippen LogP contribution in [-0.4, -0.2) is 28.0 Å². The van der Waals surface area contributed by atoms with Crippen LogP contribution in [0.1, 0.15) is 52.4 Å². The molecule has 0 bridgehead atoms. The highest BCUT2D eigenvalue weighted by Crippen LogP contribution is 2.26. The molecule has 2 fully saturated rings. The molecule has 1 heterocycles. The monoisotopic (exact) mass is 254 g/mol. The highest BCUT2D eigenvalue weighted by molar-refractivity contribution is 7.80. The first-order valence-electron chi connectivity index (χ1n) is 6.73. The molecule has 1 saturated heterocycles. The van der Waals surface area contributed by atoms with Crippen molar-refractivity contribution in [1.82, 2.24) is 10.2 Å². The van der Waals surface area contributed by atoms with E-state index in [4.69, 9.17) is 12.2 Å². The molecule has 0 spiro atoms. The predicted molar refractivity (Wildman–Crippen MR) is 72.7 cm³/mol. The minimum Gasteiger partial charge on any atom is -0.350 e. The van der Waals surface area contributed by atoms with Crippen LogP contribution in [0.5, 0.6) is 0 Å². The van der Waals surface area contributed by atoms with Gasteiger partial charge in [-0.25, -0.2) is 0 Å². The van der Waals surface area contributed by atoms with Crippen LogP contribution >= 0.6 is 12.2 Å². The van der Waals surface area contributed by atoms with Gasteiger partial charge in [0, 0.05) is 6.04 Å². The van der Waals surface area contributed by atoms with Crippen LogP contribution in [0, 0.1) is 5.92 Å². The van der Waals surface area contributed by atoms with E-state index >= 15 is 0 Å². The van der Waals surface area contributed by atoms with Gasteiger partial charge in [-0.15, -0.1) is 0 Å². The third kappa shape index (κ3) is 2.79. The Morgan fingerprint density at radius 2 is 2.00 bits per heavy atom. The van der Waals surface area contributed by atoms with Crippen LogP contribution in [0.15, 0.2) is 0 Å². The predicted octanol–water partition coefficient (Wildman–Crippen LogP) is 2.45. The molecule has 96 valence electrons. The van der Waals surface area contributed by atoms with Gasteiger partial charge >= 0.3 is 0 Å². The lowest BCUT2D eigenvalue weighted by Crippen LogP contribution is -2.41. The van der Waals surface area contributed by atoms with Crippen LogP contribution in [0.25, 0.3) is 0 Å². The molecule has 17 heavy (non-hydrogen) atoms. The molecule has 0 radical (unpaired) electrons. The normalized spacial score (nSPS) is 26.8. The summed E-state index contributed by atoms with van der Waals surface area (Å²) < 4.78 is 0. The highest BCUT2D eigenvalue weighted by atomic mass is 32.1. The van der Waals surface area contributed by atoms with Crippen LogP contribution in [0.4, 0.5) is 0 Å². The van der Waals surface area contributed by atoms with Gasteiger partial charge in [-0.3, -0.25) is 9.69 Å². The van der Waals surface area contributed by atoms with Gasteiger partial charge in [0.1, 0.15) is 6.04 Å². The Hall–Kier alpha value is -0.640. The summed E-state index contributed by atoms with van der Waals surface area (Å²) in [6, 6.07) is 0.276. The van der Waals surface area contributed by atoms with E-state index in [1.807, 2.05) is 4.90 Å². The SMILES string of the molecule is CC(C)C[C@@H]1NC(=S)N(C2CCCCC2)C1=O. The second-order valence-corrected chi connectivity index (χ2v) is 6.02. The maximum absolute atomic E-state index is 12.3. The van der Waals surface area contributed by atoms with Gasteiger partial charge in [-0.1, -0.05) is 33.1 Å². The molecule has 1 aliphatic carbocycles. The maximum Gasteiger partial charge on any atom is 0.251 e. The summed E-state index contributed by atoms with van der Waals surface area (Å²) in [4.78, 5) is 14.2. The summed E-state index contributed by atoms with van der Waals surface area (Å²) in [5.74, 6) is 0.723. The van der Waals surface area contributed by atoms with Crippen molar-refractivity contribution < 1.29 is 4.79 Å². The number of nitrogens with one attached hydrogen (secondary N) is 1. The smallest absolute Gasteiger partial charge is 0.251 e. The van der Waals surface area contributed by atoms with Gasteiger partial charge in [-0.2, -0.15) is 0 Å². The number of rotatable bonds is 3. The van der Waals surface area contributed by atoms with Gasteiger partial charge in [0.25, 0.3) is 5.91 Å². The summed E-state index contributed by atoms with van der Waals surface area (Å²) in [6.45, 7) is 4.28. The lowest BCUT2D eigenvalue weighted by Gasteiger charge is -2.30. The molecule has 1 N–H and O–H groups in total. The first-order chi connectivity index (χ1) is 8.09. The summed E-state index contributed by atoms with van der Waals surface area (Å²) in [6.07, 6.45) is 6.86. The average Bonchev–Trinajstić information content (AvgIpc) is 2.54. The van der Waals surface area contributed by atoms with E-state index in [2.05, 4.69) is 19.2 Å². The van der Waals surface area contributed by atoms with Crippen molar-refractivity contribution in [1.29, 1.82) is 0 Å². The quantitative estimate of drug-likeness (QED) is 0.785. The Morgan fingerprint density at radius 1 is 1.35 bits per heavy atom. The average molecular weight is 254 g/mol. The van der Waals surface area contributed by atoms with E-state index < -0.39 is 0 Å². The number of nitrogens with zero attached hydrogens (tertiary/aromatic N) is 1. The fourth-order valence-corrected chi connectivity index (χ4v) is 3.25. The van der Waals surface area contributed by atoms with Crippen molar-refractivity contribution in [2.75, 3.05) is 0 Å². The van der Waals surface area contributed by atoms with E-state index in [-0.39, 0.29) is 11.9 Å². The third-order valence-electron chi connectivity index (χ3n) is 3.70. The van der Waals surface area contributed by atoms with Crippen molar-refractivity contribution in [3.8, 4) is 0 Å². The standard InChI is InChI=1S/C13H22N2OS/c1-9(2)8-11-12(16)15(13(17)14-11)10-6-4-3-5-7-10/h9-11H,3-8H2,1-2H3,(H,14,17)/t11-/m0/s1. The number of amides is 1. The van der Waals surface area contributed by atoms with E-state index in [1.165, 1.54) is 19.3 Å². The number of hydrogen-bond donors (Lipinski definition) is 1. The fourth-order valence-electron chi connectivity index (χ4n) is 2.86. The van der Waals surface area contributed by atoms with Gasteiger partial charge in [-0.05, 0) is 37.4 Å². The van der Waals surface area contributed by atoms with E-state index in [0.29, 0.717) is 17.1 Å². The number of carbonyl (C=O) groups excluding carboxylic acids is 1. The molecule has 1 atom stereocenters. The molecule has 0 unspecified atom stereocenters. The zero-order valence-corrected chi connectivity index (χ0v) is 11.6. The molecule has 0 aromatic rings. The Kier molecular flexibility index (Phi) is 4.02. The Labute approximate surface area is 109 Å². The first kappa shape index (κ1) is 12.8. The minimum atomic E-state index is -0.0792. The fraction of sp³-hybridized carbons (Fsp3) is 0.846. The molecule has 1 aliphatic heterocycles. The Bertz CT molecular complexity index is 311. The zero-order chi connectivity index (χ0) is 12.4. The van der Waals surface area contributed by atoms with Gasteiger partial charge < -0.3 is 5.32 Å². The van der Waals surface area contributed by atoms with Gasteiger partial charge in [0.2, 0.25) is 0 Å². The van der Waals surface area contributed by atoms with Crippen LogP contribution in [-0.2, 0) is 4.79 Å². The molecular formula is C13H22N2OS. The van der Waals surface area contributed by atoms with Crippen molar-refractivity contribution in [3.63, 3.8) is 0 Å². The minimum absolute atomic E-state index is 0.0792. The summed E-state index contributed by atoms with van der Waals surface area (Å²) >= 11 is 5.32. The maximum atomic E-state index is 12.3. The molecule has 0 aromatic carbocycles. The van der Waals surface area contributed by atoms with Crippen LogP contribution in [0.3, 0.4) is 0 Å². The topological polar surface area (TPSA) is 32.3 Å².